The van der Waals surface area contributed by atoms with Gasteiger partial charge < -0.3 is 20.3 Å². The predicted octanol–water partition coefficient (Wildman–Crippen LogP) is 5.33. The largest absolute Gasteiger partial charge is 0.461 e. The number of benzene rings is 2. The van der Waals surface area contributed by atoms with Crippen LogP contribution in [0.15, 0.2) is 36.9 Å². The second kappa shape index (κ2) is 11.1. The van der Waals surface area contributed by atoms with Crippen molar-refractivity contribution in [1.29, 1.82) is 0 Å². The van der Waals surface area contributed by atoms with Crippen molar-refractivity contribution >= 4 is 49.3 Å². The number of hydrogen-bond acceptors (Lipinski definition) is 9. The van der Waals surface area contributed by atoms with E-state index in [1.807, 2.05) is 18.9 Å². The van der Waals surface area contributed by atoms with E-state index in [0.29, 0.717) is 42.7 Å². The van der Waals surface area contributed by atoms with Gasteiger partial charge in [0.25, 0.3) is 0 Å². The summed E-state index contributed by atoms with van der Waals surface area (Å²) in [5.74, 6) is -0.823. The summed E-state index contributed by atoms with van der Waals surface area (Å²) in [5, 5.41) is 0.630. The smallest absolute Gasteiger partial charge is 0.319 e. The molecule has 0 spiro atoms. The number of carbonyl (C=O) groups is 1. The Labute approximate surface area is 262 Å². The highest BCUT2D eigenvalue weighted by atomic mass is 32.1. The quantitative estimate of drug-likeness (QED) is 0.272. The summed E-state index contributed by atoms with van der Waals surface area (Å²) in [4.78, 5) is 31.9. The van der Waals surface area contributed by atoms with Gasteiger partial charge in [0.2, 0.25) is 5.91 Å². The third kappa shape index (κ3) is 4.87. The Hall–Kier alpha value is -3.97. The number of nitrogens with two attached hydrogens (primary N) is 1. The number of alkyl halides is 1. The van der Waals surface area contributed by atoms with E-state index in [2.05, 4.69) is 21.4 Å². The molecule has 2 aromatic heterocycles. The van der Waals surface area contributed by atoms with Gasteiger partial charge in [0.15, 0.2) is 10.9 Å². The van der Waals surface area contributed by atoms with Crippen LogP contribution in [-0.4, -0.2) is 87.7 Å². The van der Waals surface area contributed by atoms with Crippen molar-refractivity contribution in [2.45, 2.75) is 56.4 Å². The molecule has 4 atom stereocenters. The van der Waals surface area contributed by atoms with Crippen LogP contribution in [-0.2, 0) is 4.79 Å². The van der Waals surface area contributed by atoms with Gasteiger partial charge in [0.1, 0.15) is 29.9 Å². The van der Waals surface area contributed by atoms with Gasteiger partial charge in [-0.3, -0.25) is 9.69 Å². The first-order valence-electron chi connectivity index (χ1n) is 15.1. The molecule has 0 radical (unpaired) electrons. The first-order chi connectivity index (χ1) is 21.6. The summed E-state index contributed by atoms with van der Waals surface area (Å²) in [7, 11) is 1.87. The van der Waals surface area contributed by atoms with Crippen molar-refractivity contribution in [3.8, 4) is 17.1 Å². The molecule has 3 saturated heterocycles. The highest BCUT2D eigenvalue weighted by Crippen LogP contribution is 2.42. The maximum atomic E-state index is 16.7. The fourth-order valence-corrected chi connectivity index (χ4v) is 8.31. The van der Waals surface area contributed by atoms with Gasteiger partial charge in [0, 0.05) is 49.1 Å². The highest BCUT2D eigenvalue weighted by molar-refractivity contribution is 7.22. The Morgan fingerprint density at radius 3 is 2.80 bits per heavy atom. The van der Waals surface area contributed by atoms with Gasteiger partial charge in [0.05, 0.1) is 21.8 Å². The zero-order valence-corrected chi connectivity index (χ0v) is 25.9. The van der Waals surface area contributed by atoms with Crippen LogP contribution in [0.4, 0.5) is 24.1 Å². The van der Waals surface area contributed by atoms with E-state index < -0.39 is 23.3 Å². The number of amides is 1. The van der Waals surface area contributed by atoms with Crippen LogP contribution in [0.2, 0.25) is 0 Å². The molecule has 3 aliphatic rings. The zero-order chi connectivity index (χ0) is 31.6. The Morgan fingerprint density at radius 2 is 2.00 bits per heavy atom. The summed E-state index contributed by atoms with van der Waals surface area (Å²) in [6.45, 7) is 7.51. The summed E-state index contributed by atoms with van der Waals surface area (Å²) in [5.41, 5.74) is 6.32. The molecule has 9 nitrogen and oxygen atoms in total. The third-order valence-corrected chi connectivity index (χ3v) is 10.7. The zero-order valence-electron chi connectivity index (χ0n) is 25.1. The molecule has 13 heteroatoms. The van der Waals surface area contributed by atoms with Crippen molar-refractivity contribution in [1.82, 2.24) is 24.8 Å². The number of anilines is 2. The Morgan fingerprint density at radius 1 is 1.20 bits per heavy atom. The van der Waals surface area contributed by atoms with E-state index >= 15 is 4.39 Å². The van der Waals surface area contributed by atoms with Gasteiger partial charge in [-0.25, -0.2) is 18.2 Å². The highest BCUT2D eigenvalue weighted by Gasteiger charge is 2.49. The van der Waals surface area contributed by atoms with Gasteiger partial charge in [-0.15, -0.1) is 0 Å². The average molecular weight is 638 g/mol. The molecule has 2 aromatic carbocycles. The number of nitrogen functional groups attached to an aromatic ring is 1. The molecule has 2 N–H and O–H groups in total. The summed E-state index contributed by atoms with van der Waals surface area (Å²) >= 11 is 1.00. The van der Waals surface area contributed by atoms with Crippen LogP contribution in [0.3, 0.4) is 0 Å². The van der Waals surface area contributed by atoms with E-state index in [9.17, 15) is 13.6 Å². The van der Waals surface area contributed by atoms with Crippen molar-refractivity contribution in [2.24, 2.45) is 0 Å². The Balaban J connectivity index is 1.33. The number of fused-ring (bicyclic) bond motifs is 3. The minimum atomic E-state index is -0.925. The predicted molar refractivity (Wildman–Crippen MR) is 169 cm³/mol. The average Bonchev–Trinajstić information content (AvgIpc) is 3.78. The molecule has 3 fully saturated rings. The number of aromatic nitrogens is 3. The van der Waals surface area contributed by atoms with E-state index in [0.717, 1.165) is 30.7 Å². The number of rotatable bonds is 7. The molecule has 1 unspecified atom stereocenters. The molecule has 3 aliphatic heterocycles. The minimum absolute atomic E-state index is 0.0178. The van der Waals surface area contributed by atoms with E-state index in [-0.39, 0.29) is 57.0 Å². The number of halogens is 3. The number of ether oxygens (including phenoxy) is 1. The number of carbonyl (C=O) groups excluding carboxylic acids is 1. The fourth-order valence-electron chi connectivity index (χ4n) is 7.55. The van der Waals surface area contributed by atoms with Gasteiger partial charge in [-0.1, -0.05) is 24.0 Å². The van der Waals surface area contributed by atoms with Crippen LogP contribution in [0.5, 0.6) is 6.01 Å². The lowest BCUT2D eigenvalue weighted by molar-refractivity contribution is -0.126. The minimum Gasteiger partial charge on any atom is -0.461 e. The van der Waals surface area contributed by atoms with E-state index in [1.165, 1.54) is 18.2 Å². The van der Waals surface area contributed by atoms with Gasteiger partial charge in [-0.05, 0) is 57.0 Å². The summed E-state index contributed by atoms with van der Waals surface area (Å²) in [6, 6.07) is 5.81. The monoisotopic (exact) mass is 637 g/mol. The summed E-state index contributed by atoms with van der Waals surface area (Å²) in [6.07, 6.45) is 3.18. The SMILES string of the molecule is C=CC(=O)N1CCC(N(C)c2nc(OC[C@@]34CCCN3C[C@H](F)C4)nc3c(F)c(-c4ccc(F)c5sc(N)nc45)ccc23)[C@H]1C. The number of likely N-dealkylation sites (tertiary alicyclic amines) is 1. The van der Waals surface area contributed by atoms with Crippen LogP contribution < -0.4 is 15.4 Å². The molecule has 4 aromatic rings. The molecular weight excluding hydrogens is 603 g/mol. The maximum Gasteiger partial charge on any atom is 0.319 e. The molecule has 0 saturated carbocycles. The molecule has 236 valence electrons. The number of likely N-dealkylation sites (N-methyl/N-ethyl adjacent to an activating group) is 1. The second-order valence-electron chi connectivity index (χ2n) is 12.3. The number of hydrogen-bond donors (Lipinski definition) is 1. The molecule has 1 amide bonds. The molecule has 0 bridgehead atoms. The van der Waals surface area contributed by atoms with E-state index in [1.54, 1.807) is 17.0 Å². The fraction of sp³-hybridized carbons (Fsp3) is 0.438. The van der Waals surface area contributed by atoms with Gasteiger partial charge in [-0.2, -0.15) is 9.97 Å². The molecule has 5 heterocycles. The van der Waals surface area contributed by atoms with Crippen molar-refractivity contribution < 1.29 is 22.7 Å². The Kier molecular flexibility index (Phi) is 7.35. The topological polar surface area (TPSA) is 101 Å². The normalized spacial score (nSPS) is 24.9. The second-order valence-corrected chi connectivity index (χ2v) is 13.3. The number of nitrogens with zero attached hydrogens (tertiary/aromatic N) is 6. The first-order valence-corrected chi connectivity index (χ1v) is 15.9. The van der Waals surface area contributed by atoms with E-state index in [4.69, 9.17) is 15.5 Å². The standard InChI is InChI=1S/C32H34F3N7O2S/c1-4-24(43)42-13-10-23(17(42)2)40(3)29-21-7-6-19(20-8-9-22(34)28-27(20)37-30(36)45-28)25(35)26(21)38-31(39-29)44-16-32-11-5-12-41(32)15-18(33)14-32/h4,6-9,17-18,23H,1,5,10-16H2,2-3H3,(H2,36,37)/t17-,18-,23?,32+/m1/s1. The molecule has 45 heavy (non-hydrogen) atoms. The third-order valence-electron chi connectivity index (χ3n) is 9.80. The maximum absolute atomic E-state index is 16.7. The Bertz CT molecular complexity index is 1840. The van der Waals surface area contributed by atoms with Crippen LogP contribution in [0.25, 0.3) is 32.2 Å². The van der Waals surface area contributed by atoms with Crippen molar-refractivity contribution in [2.75, 3.05) is 43.9 Å². The lowest BCUT2D eigenvalue weighted by Gasteiger charge is -2.33. The molecule has 7 rings (SSSR count). The van der Waals surface area contributed by atoms with Gasteiger partial charge >= 0.3 is 6.01 Å². The lowest BCUT2D eigenvalue weighted by atomic mass is 9.95. The van der Waals surface area contributed by atoms with Crippen molar-refractivity contribution in [3.05, 3.63) is 48.6 Å². The molecule has 0 aliphatic carbocycles. The number of thiazole rings is 1. The lowest BCUT2D eigenvalue weighted by Crippen LogP contribution is -2.44. The molecular formula is C32H34F3N7O2S. The first kappa shape index (κ1) is 29.7. The van der Waals surface area contributed by atoms with Crippen molar-refractivity contribution in [3.63, 3.8) is 0 Å². The summed E-state index contributed by atoms with van der Waals surface area (Å²) < 4.78 is 52.1. The van der Waals surface area contributed by atoms with Crippen LogP contribution in [0.1, 0.15) is 32.6 Å². The van der Waals surface area contributed by atoms with Crippen LogP contribution >= 0.6 is 11.3 Å². The van der Waals surface area contributed by atoms with Crippen LogP contribution in [0, 0.1) is 11.6 Å².